The molecule has 27 rings (SSSR count). The SMILES string of the molecule is c1ccc(-c2c3ccccc3c(-c3ccc4oc5ccc6oc7ccccc7c6c5c4c3)c3ccccc23)cc1.c1ccc(-n2c(-c3ccc(-c4ccc5c(-c6ccc7ccccc7c6)c6ccccc6c(-c6ccc7ccccc7c6)c5c4)cc3)nc3ccccc32)cc1.c1ccc2cc(-c3c4ccccc4c(-c4cccc5ccccc45)c4ccccc34)ccc2c1. The summed E-state index contributed by atoms with van der Waals surface area (Å²) in [5, 5.41) is 29.7. The van der Waals surface area contributed by atoms with E-state index in [1.165, 1.54) is 180 Å². The van der Waals surface area contributed by atoms with Crippen molar-refractivity contribution in [3.8, 4) is 95.0 Å². The van der Waals surface area contributed by atoms with Crippen LogP contribution >= 0.6 is 0 Å². The molecule has 0 bridgehead atoms. The zero-order chi connectivity index (χ0) is 85.0. The zero-order valence-corrected chi connectivity index (χ0v) is 70.2. The molecule has 0 aliphatic rings. The van der Waals surface area contributed by atoms with Gasteiger partial charge in [-0.05, 0) is 264 Å². The van der Waals surface area contributed by atoms with Crippen LogP contribution in [0, 0.1) is 0 Å². The van der Waals surface area contributed by atoms with Gasteiger partial charge in [0.2, 0.25) is 0 Å². The van der Waals surface area contributed by atoms with Gasteiger partial charge < -0.3 is 8.83 Å². The molecule has 0 saturated heterocycles. The van der Waals surface area contributed by atoms with Crippen LogP contribution < -0.4 is 0 Å². The highest BCUT2D eigenvalue weighted by molar-refractivity contribution is 6.29. The summed E-state index contributed by atoms with van der Waals surface area (Å²) in [6.07, 6.45) is 0. The maximum atomic E-state index is 6.38. The van der Waals surface area contributed by atoms with Crippen molar-refractivity contribution in [1.29, 1.82) is 0 Å². The van der Waals surface area contributed by atoms with Gasteiger partial charge in [0.05, 0.1) is 11.0 Å². The minimum atomic E-state index is 0.875. The molecule has 0 aliphatic heterocycles. The van der Waals surface area contributed by atoms with E-state index in [2.05, 4.69) is 453 Å². The number of aromatic nitrogens is 2. The van der Waals surface area contributed by atoms with E-state index in [0.29, 0.717) is 0 Å². The standard InChI is InChI=1S/C53H34N2.C38H22O2.C34H22/c1-2-16-44(17-3-1)55-50-21-11-10-20-49(50)54-53(55)38-26-22-37(23-27-38)41-30-31-47-48(34-41)52(43-29-25-36-13-5-7-15-40(36)33-43)46-19-9-8-18-45(46)51(47)42-28-24-35-12-4-6-14-39(35)32-42;1-2-10-23(11-3-1)35-25-12-4-6-14-27(25)36(28-15-7-5-13-26(28)35)24-18-19-32-30(22-24)38-34(40-32)21-20-33-37(38)29-16-8-9-17-31(29)39-33;1-2-12-25-22-26(21-20-23(25)10-1)33-29-15-5-7-17-31(29)34(32-18-8-6-16-30(32)33)28-19-9-13-24-11-3-4-14-27(24)28/h1-34H;1-22H;1-22H. The second-order valence-electron chi connectivity index (χ2n) is 33.7. The second kappa shape index (κ2) is 31.0. The first-order valence-corrected chi connectivity index (χ1v) is 44.3. The number of hydrogen-bond donors (Lipinski definition) is 0. The molecule has 24 aromatic carbocycles. The van der Waals surface area contributed by atoms with E-state index in [4.69, 9.17) is 13.8 Å². The summed E-state index contributed by atoms with van der Waals surface area (Å²) in [6, 6.07) is 171. The Morgan fingerprint density at radius 1 is 0.171 bits per heavy atom. The smallest absolute Gasteiger partial charge is 0.145 e. The Morgan fingerprint density at radius 2 is 0.504 bits per heavy atom. The van der Waals surface area contributed by atoms with Gasteiger partial charge in [-0.25, -0.2) is 4.98 Å². The van der Waals surface area contributed by atoms with Crippen molar-refractivity contribution in [1.82, 2.24) is 9.55 Å². The van der Waals surface area contributed by atoms with Gasteiger partial charge in [0, 0.05) is 32.8 Å². The number of imidazole rings is 1. The van der Waals surface area contributed by atoms with Crippen molar-refractivity contribution in [2.75, 3.05) is 0 Å². The number of para-hydroxylation sites is 4. The third kappa shape index (κ3) is 12.7. The molecule has 4 heteroatoms. The van der Waals surface area contributed by atoms with Gasteiger partial charge in [0.1, 0.15) is 28.2 Å². The number of nitrogens with zero attached hydrogens (tertiary/aromatic N) is 2. The number of furan rings is 2. The highest BCUT2D eigenvalue weighted by Crippen LogP contribution is 2.51. The summed E-state index contributed by atoms with van der Waals surface area (Å²) in [7, 11) is 0. The average molecular weight is 1640 g/mol. The number of fused-ring (bicyclic) bond motifs is 18. The summed E-state index contributed by atoms with van der Waals surface area (Å²) < 4.78 is 14.9. The largest absolute Gasteiger partial charge is 0.456 e. The molecule has 0 fully saturated rings. The Kier molecular flexibility index (Phi) is 17.9. The molecular weight excluding hydrogens is 1560 g/mol. The fourth-order valence-electron chi connectivity index (χ4n) is 20.7. The lowest BCUT2D eigenvalue weighted by Crippen LogP contribution is -1.97. The summed E-state index contributed by atoms with van der Waals surface area (Å²) in [6.45, 7) is 0. The van der Waals surface area contributed by atoms with Crippen LogP contribution in [0.3, 0.4) is 0 Å². The van der Waals surface area contributed by atoms with Gasteiger partial charge >= 0.3 is 0 Å². The molecule has 0 aliphatic carbocycles. The molecule has 0 atom stereocenters. The van der Waals surface area contributed by atoms with Crippen molar-refractivity contribution in [3.63, 3.8) is 0 Å². The lowest BCUT2D eigenvalue weighted by atomic mass is 9.84. The molecule has 3 aromatic heterocycles. The molecular formula is C125H78N2O2. The summed E-state index contributed by atoms with van der Waals surface area (Å²) in [5.41, 5.74) is 25.2. The molecule has 600 valence electrons. The molecule has 3 heterocycles. The van der Waals surface area contributed by atoms with Crippen LogP contribution in [-0.4, -0.2) is 9.55 Å². The van der Waals surface area contributed by atoms with Crippen LogP contribution in [0.5, 0.6) is 0 Å². The minimum Gasteiger partial charge on any atom is -0.456 e. The predicted molar refractivity (Wildman–Crippen MR) is 547 cm³/mol. The Labute approximate surface area is 744 Å². The van der Waals surface area contributed by atoms with E-state index in [-0.39, 0.29) is 0 Å². The highest BCUT2D eigenvalue weighted by Gasteiger charge is 2.25. The number of hydrogen-bond acceptors (Lipinski definition) is 3. The number of rotatable bonds is 9. The highest BCUT2D eigenvalue weighted by atomic mass is 16.3. The van der Waals surface area contributed by atoms with E-state index in [1.807, 2.05) is 24.3 Å². The Morgan fingerprint density at radius 3 is 1.02 bits per heavy atom. The minimum absolute atomic E-state index is 0.875. The van der Waals surface area contributed by atoms with Crippen LogP contribution in [0.4, 0.5) is 0 Å². The van der Waals surface area contributed by atoms with Crippen molar-refractivity contribution in [3.05, 3.63) is 473 Å². The maximum absolute atomic E-state index is 6.38. The maximum Gasteiger partial charge on any atom is 0.145 e. The van der Waals surface area contributed by atoms with Crippen LogP contribution in [0.25, 0.3) is 258 Å². The fraction of sp³-hybridized carbons (Fsp3) is 0. The van der Waals surface area contributed by atoms with Crippen molar-refractivity contribution in [2.24, 2.45) is 0 Å². The first-order chi connectivity index (χ1) is 64.0. The van der Waals surface area contributed by atoms with Crippen LogP contribution in [0.1, 0.15) is 0 Å². The monoisotopic (exact) mass is 1640 g/mol. The zero-order valence-electron chi connectivity index (χ0n) is 70.2. The van der Waals surface area contributed by atoms with Gasteiger partial charge in [-0.2, -0.15) is 0 Å². The lowest BCUT2D eigenvalue weighted by Gasteiger charge is -2.19. The Hall–Kier alpha value is -17.1. The first kappa shape index (κ1) is 74.6. The third-order valence-corrected chi connectivity index (χ3v) is 26.4. The average Bonchev–Trinajstić information content (AvgIpc) is 1.45. The predicted octanol–water partition coefficient (Wildman–Crippen LogP) is 35.1. The normalized spacial score (nSPS) is 11.7. The third-order valence-electron chi connectivity index (χ3n) is 26.4. The van der Waals surface area contributed by atoms with Gasteiger partial charge in [-0.1, -0.05) is 394 Å². The van der Waals surface area contributed by atoms with E-state index in [9.17, 15) is 0 Å². The first-order valence-electron chi connectivity index (χ1n) is 44.3. The molecule has 0 saturated carbocycles. The molecule has 0 spiro atoms. The van der Waals surface area contributed by atoms with Gasteiger partial charge in [-0.15, -0.1) is 0 Å². The molecule has 0 amide bonds. The topological polar surface area (TPSA) is 44.1 Å². The Balaban J connectivity index is 0.000000108. The van der Waals surface area contributed by atoms with E-state index >= 15 is 0 Å². The van der Waals surface area contributed by atoms with Gasteiger partial charge in [0.25, 0.3) is 0 Å². The summed E-state index contributed by atoms with van der Waals surface area (Å²) in [5.74, 6) is 0.933. The van der Waals surface area contributed by atoms with E-state index in [0.717, 1.165) is 77.5 Å². The molecule has 0 N–H and O–H groups in total. The summed E-state index contributed by atoms with van der Waals surface area (Å²) in [4.78, 5) is 5.12. The van der Waals surface area contributed by atoms with Gasteiger partial charge in [0.15, 0.2) is 0 Å². The molecule has 0 unspecified atom stereocenters. The molecule has 27 aromatic rings. The molecule has 0 radical (unpaired) electrons. The second-order valence-corrected chi connectivity index (χ2v) is 33.7. The Bertz CT molecular complexity index is 9070. The summed E-state index contributed by atoms with van der Waals surface area (Å²) >= 11 is 0. The number of benzene rings is 24. The van der Waals surface area contributed by atoms with Crippen LogP contribution in [0.2, 0.25) is 0 Å². The van der Waals surface area contributed by atoms with Gasteiger partial charge in [-0.3, -0.25) is 4.57 Å². The van der Waals surface area contributed by atoms with Crippen molar-refractivity contribution < 1.29 is 8.83 Å². The molecule has 129 heavy (non-hydrogen) atoms. The van der Waals surface area contributed by atoms with Crippen LogP contribution in [0.15, 0.2) is 482 Å². The van der Waals surface area contributed by atoms with Crippen molar-refractivity contribution >= 4 is 163 Å². The van der Waals surface area contributed by atoms with Crippen LogP contribution in [-0.2, 0) is 0 Å². The van der Waals surface area contributed by atoms with Crippen molar-refractivity contribution in [2.45, 2.75) is 0 Å². The fourth-order valence-corrected chi connectivity index (χ4v) is 20.7. The van der Waals surface area contributed by atoms with E-state index < -0.39 is 0 Å². The van der Waals surface area contributed by atoms with E-state index in [1.54, 1.807) is 0 Å². The molecule has 4 nitrogen and oxygen atoms in total. The lowest BCUT2D eigenvalue weighted by molar-refractivity contribution is 0.663. The quantitative estimate of drug-likeness (QED) is 0.135.